The van der Waals surface area contributed by atoms with E-state index in [1.54, 1.807) is 43.0 Å². The highest BCUT2D eigenvalue weighted by Crippen LogP contribution is 2.25. The minimum absolute atomic E-state index is 0.0932. The minimum atomic E-state index is -0.253. The van der Waals surface area contributed by atoms with E-state index in [2.05, 4.69) is 5.43 Å². The van der Waals surface area contributed by atoms with E-state index >= 15 is 0 Å². The van der Waals surface area contributed by atoms with Crippen molar-refractivity contribution in [3.05, 3.63) is 65.2 Å². The Morgan fingerprint density at radius 2 is 1.85 bits per heavy atom. The van der Waals surface area contributed by atoms with Crippen LogP contribution >= 0.6 is 11.8 Å². The molecule has 0 amide bonds. The quantitative estimate of drug-likeness (QED) is 0.503. The highest BCUT2D eigenvalue weighted by atomic mass is 32.2. The Balaban J connectivity index is 2.05. The van der Waals surface area contributed by atoms with Gasteiger partial charge in [0.1, 0.15) is 11.6 Å². The van der Waals surface area contributed by atoms with Crippen LogP contribution in [-0.2, 0) is 0 Å². The molecule has 3 N–H and O–H groups in total. The van der Waals surface area contributed by atoms with E-state index in [0.29, 0.717) is 11.3 Å². The van der Waals surface area contributed by atoms with Gasteiger partial charge in [0.25, 0.3) is 0 Å². The van der Waals surface area contributed by atoms with Gasteiger partial charge in [0.15, 0.2) is 0 Å². The summed E-state index contributed by atoms with van der Waals surface area (Å²) in [6, 6.07) is 11.2. The molecule has 2 rings (SSSR count). The largest absolute Gasteiger partial charge is 0.271 e. The molecule has 0 aliphatic heterocycles. The summed E-state index contributed by atoms with van der Waals surface area (Å²) in [6.45, 7) is 1.72. The molecular weight excluding hydrogens is 278 g/mol. The molecule has 2 aromatic rings. The number of hydrogen-bond acceptors (Lipinski definition) is 3. The van der Waals surface area contributed by atoms with Crippen LogP contribution in [-0.4, -0.2) is 5.75 Å². The maximum Gasteiger partial charge on any atom is 0.126 e. The van der Waals surface area contributed by atoms with Crippen molar-refractivity contribution >= 4 is 11.8 Å². The van der Waals surface area contributed by atoms with E-state index in [1.807, 2.05) is 0 Å². The van der Waals surface area contributed by atoms with Gasteiger partial charge in [0.2, 0.25) is 0 Å². The molecule has 0 heterocycles. The van der Waals surface area contributed by atoms with Crippen LogP contribution < -0.4 is 11.3 Å². The maximum absolute atomic E-state index is 13.3. The predicted octanol–water partition coefficient (Wildman–Crippen LogP) is 3.57. The van der Waals surface area contributed by atoms with Crippen LogP contribution in [0.15, 0.2) is 47.4 Å². The van der Waals surface area contributed by atoms with Gasteiger partial charge in [0.05, 0.1) is 6.04 Å². The summed E-state index contributed by atoms with van der Waals surface area (Å²) in [5, 5.41) is 0. The highest BCUT2D eigenvalue weighted by molar-refractivity contribution is 7.99. The third-order valence-corrected chi connectivity index (χ3v) is 4.12. The van der Waals surface area contributed by atoms with E-state index in [1.165, 1.54) is 18.2 Å². The lowest BCUT2D eigenvalue weighted by molar-refractivity contribution is 0.596. The average molecular weight is 294 g/mol. The summed E-state index contributed by atoms with van der Waals surface area (Å²) in [4.78, 5) is 0.963. The number of nitrogens with one attached hydrogen (secondary N) is 1. The molecule has 2 nitrogen and oxygen atoms in total. The zero-order chi connectivity index (χ0) is 14.5. The van der Waals surface area contributed by atoms with Gasteiger partial charge in [-0.15, -0.1) is 11.8 Å². The maximum atomic E-state index is 13.3. The van der Waals surface area contributed by atoms with Gasteiger partial charge in [-0.3, -0.25) is 11.3 Å². The van der Waals surface area contributed by atoms with E-state index in [0.717, 1.165) is 10.5 Å². The van der Waals surface area contributed by atoms with E-state index in [-0.39, 0.29) is 17.7 Å². The number of aryl methyl sites for hydroxylation is 1. The fourth-order valence-electron chi connectivity index (χ4n) is 1.84. The van der Waals surface area contributed by atoms with Gasteiger partial charge in [-0.25, -0.2) is 8.78 Å². The minimum Gasteiger partial charge on any atom is -0.271 e. The molecule has 5 heteroatoms. The molecule has 0 radical (unpaired) electrons. The van der Waals surface area contributed by atoms with Gasteiger partial charge in [-0.05, 0) is 48.4 Å². The Morgan fingerprint density at radius 1 is 1.15 bits per heavy atom. The fourth-order valence-corrected chi connectivity index (χ4v) is 2.81. The highest BCUT2D eigenvalue weighted by Gasteiger charge is 2.11. The smallest absolute Gasteiger partial charge is 0.126 e. The number of benzene rings is 2. The molecule has 0 saturated heterocycles. The van der Waals surface area contributed by atoms with Crippen LogP contribution in [0.3, 0.4) is 0 Å². The second-order valence-corrected chi connectivity index (χ2v) is 5.59. The van der Waals surface area contributed by atoms with Crippen molar-refractivity contribution in [1.29, 1.82) is 0 Å². The van der Waals surface area contributed by atoms with Crippen LogP contribution in [0, 0.1) is 18.6 Å². The monoisotopic (exact) mass is 294 g/mol. The van der Waals surface area contributed by atoms with Gasteiger partial charge in [0, 0.05) is 10.6 Å². The van der Waals surface area contributed by atoms with Gasteiger partial charge in [-0.1, -0.05) is 12.1 Å². The fraction of sp³-hybridized carbons (Fsp3) is 0.200. The first-order chi connectivity index (χ1) is 9.60. The van der Waals surface area contributed by atoms with Crippen LogP contribution in [0.1, 0.15) is 17.2 Å². The Morgan fingerprint density at radius 3 is 2.45 bits per heavy atom. The summed E-state index contributed by atoms with van der Waals surface area (Å²) in [7, 11) is 0. The van der Waals surface area contributed by atoms with Gasteiger partial charge < -0.3 is 0 Å². The lowest BCUT2D eigenvalue weighted by Gasteiger charge is -2.16. The summed E-state index contributed by atoms with van der Waals surface area (Å²) in [6.07, 6.45) is 0. The Bertz CT molecular complexity index is 573. The lowest BCUT2D eigenvalue weighted by Crippen LogP contribution is -2.29. The lowest BCUT2D eigenvalue weighted by atomic mass is 10.1. The predicted molar refractivity (Wildman–Crippen MR) is 78.3 cm³/mol. The number of thioether (sulfide) groups is 1. The van der Waals surface area contributed by atoms with E-state index in [4.69, 9.17) is 5.84 Å². The zero-order valence-electron chi connectivity index (χ0n) is 11.1. The third kappa shape index (κ3) is 3.79. The molecule has 1 unspecified atom stereocenters. The standard InChI is InChI=1S/C15H16F2N2S/c1-10-8-11(2-7-14(10)17)15(19-18)9-20-13-5-3-12(16)4-6-13/h2-8,15,19H,9,18H2,1H3. The first-order valence-corrected chi connectivity index (χ1v) is 7.19. The summed E-state index contributed by atoms with van der Waals surface area (Å²) >= 11 is 1.56. The van der Waals surface area contributed by atoms with Crippen molar-refractivity contribution in [2.75, 3.05) is 5.75 Å². The number of halogens is 2. The molecule has 0 aliphatic rings. The summed E-state index contributed by atoms with van der Waals surface area (Å²) in [5.74, 6) is 5.76. The molecule has 2 aromatic carbocycles. The number of nitrogens with two attached hydrogens (primary N) is 1. The topological polar surface area (TPSA) is 38.0 Å². The van der Waals surface area contributed by atoms with Crippen molar-refractivity contribution in [3.63, 3.8) is 0 Å². The van der Waals surface area contributed by atoms with Crippen molar-refractivity contribution in [2.24, 2.45) is 5.84 Å². The summed E-state index contributed by atoms with van der Waals surface area (Å²) < 4.78 is 26.1. The normalized spacial score (nSPS) is 12.4. The zero-order valence-corrected chi connectivity index (χ0v) is 11.9. The SMILES string of the molecule is Cc1cc(C(CSc2ccc(F)cc2)NN)ccc1F. The van der Waals surface area contributed by atoms with Crippen LogP contribution in [0.4, 0.5) is 8.78 Å². The second-order valence-electron chi connectivity index (χ2n) is 4.49. The van der Waals surface area contributed by atoms with Crippen molar-refractivity contribution in [2.45, 2.75) is 17.9 Å². The van der Waals surface area contributed by atoms with Crippen molar-refractivity contribution < 1.29 is 8.78 Å². The molecule has 0 spiro atoms. The van der Waals surface area contributed by atoms with E-state index in [9.17, 15) is 8.78 Å². The van der Waals surface area contributed by atoms with Crippen LogP contribution in [0.2, 0.25) is 0 Å². The van der Waals surface area contributed by atoms with Crippen molar-refractivity contribution in [3.8, 4) is 0 Å². The van der Waals surface area contributed by atoms with Crippen molar-refractivity contribution in [1.82, 2.24) is 5.43 Å². The van der Waals surface area contributed by atoms with Gasteiger partial charge in [-0.2, -0.15) is 0 Å². The van der Waals surface area contributed by atoms with Gasteiger partial charge >= 0.3 is 0 Å². The first-order valence-electron chi connectivity index (χ1n) is 6.20. The molecular formula is C15H16F2N2S. The van der Waals surface area contributed by atoms with Crippen LogP contribution in [0.25, 0.3) is 0 Å². The molecule has 0 fully saturated rings. The molecule has 106 valence electrons. The number of rotatable bonds is 5. The molecule has 1 atom stereocenters. The first kappa shape index (κ1) is 15.0. The summed E-state index contributed by atoms with van der Waals surface area (Å²) in [5.41, 5.74) is 4.25. The number of hydrogen-bond donors (Lipinski definition) is 2. The van der Waals surface area contributed by atoms with Crippen LogP contribution in [0.5, 0.6) is 0 Å². The molecule has 20 heavy (non-hydrogen) atoms. The molecule has 0 bridgehead atoms. The molecule has 0 aliphatic carbocycles. The third-order valence-electron chi connectivity index (χ3n) is 3.02. The Hall–Kier alpha value is -1.43. The molecule has 0 aromatic heterocycles. The average Bonchev–Trinajstić information content (AvgIpc) is 2.45. The number of hydrazine groups is 1. The Kier molecular flexibility index (Phi) is 5.11. The second kappa shape index (κ2) is 6.83. The molecule has 0 saturated carbocycles. The van der Waals surface area contributed by atoms with E-state index < -0.39 is 0 Å². The Labute approximate surface area is 121 Å².